The summed E-state index contributed by atoms with van der Waals surface area (Å²) >= 11 is 1.70. The SMILES string of the molecule is COc1ccc2ncc(N(C)C)c([C@@H](F)CCC3(C(=O)O)CCN(CCSc4ccccn4)CC3)c2c1. The average molecular weight is 527 g/mol. The van der Waals surface area contributed by atoms with Crippen molar-refractivity contribution in [1.82, 2.24) is 14.9 Å². The fourth-order valence-electron chi connectivity index (χ4n) is 5.03. The molecule has 1 N–H and O–H groups in total. The Morgan fingerprint density at radius 2 is 2.03 bits per heavy atom. The highest BCUT2D eigenvalue weighted by molar-refractivity contribution is 7.99. The quantitative estimate of drug-likeness (QED) is 0.330. The van der Waals surface area contributed by atoms with Crippen LogP contribution in [0.5, 0.6) is 5.75 Å². The third kappa shape index (κ3) is 6.33. The van der Waals surface area contributed by atoms with Gasteiger partial charge in [-0.05, 0) is 69.1 Å². The fraction of sp³-hybridized carbons (Fsp3) is 0.464. The molecular weight excluding hydrogens is 491 g/mol. The van der Waals surface area contributed by atoms with E-state index in [1.54, 1.807) is 31.3 Å². The Balaban J connectivity index is 1.43. The molecule has 3 heterocycles. The van der Waals surface area contributed by atoms with Gasteiger partial charge in [-0.3, -0.25) is 9.78 Å². The second-order valence-corrected chi connectivity index (χ2v) is 10.9. The van der Waals surface area contributed by atoms with Crippen LogP contribution in [0.25, 0.3) is 10.9 Å². The maximum atomic E-state index is 16.0. The number of likely N-dealkylation sites (tertiary alicyclic amines) is 1. The molecule has 1 saturated heterocycles. The second kappa shape index (κ2) is 12.1. The van der Waals surface area contributed by atoms with E-state index in [2.05, 4.69) is 14.9 Å². The molecule has 0 aliphatic carbocycles. The van der Waals surface area contributed by atoms with E-state index in [1.807, 2.05) is 55.4 Å². The standard InChI is InChI=1S/C28H35FN4O3S/c1-32(2)24-19-31-23-8-7-20(36-3)18-21(23)26(24)22(29)9-10-28(27(34)35)11-14-33(15-12-28)16-17-37-25-6-4-5-13-30-25/h4-8,13,18-19,22H,9-12,14-17H2,1-3H3,(H,34,35)/t22-/m0/s1. The Kier molecular flexibility index (Phi) is 8.87. The van der Waals surface area contributed by atoms with Crippen LogP contribution >= 0.6 is 11.8 Å². The van der Waals surface area contributed by atoms with Gasteiger partial charge in [-0.1, -0.05) is 6.07 Å². The van der Waals surface area contributed by atoms with Crippen LogP contribution in [0.1, 0.15) is 37.4 Å². The molecule has 1 aliphatic rings. The minimum Gasteiger partial charge on any atom is -0.497 e. The summed E-state index contributed by atoms with van der Waals surface area (Å²) in [5.41, 5.74) is 1.01. The number of carboxylic acid groups (broad SMARTS) is 1. The summed E-state index contributed by atoms with van der Waals surface area (Å²) in [4.78, 5) is 25.4. The molecule has 0 amide bonds. The number of anilines is 1. The summed E-state index contributed by atoms with van der Waals surface area (Å²) in [5, 5.41) is 11.9. The van der Waals surface area contributed by atoms with Crippen molar-refractivity contribution in [2.75, 3.05) is 51.5 Å². The first kappa shape index (κ1) is 27.1. The molecular formula is C28H35FN4O3S. The number of fused-ring (bicyclic) bond motifs is 1. The Morgan fingerprint density at radius 3 is 2.68 bits per heavy atom. The highest BCUT2D eigenvalue weighted by Gasteiger charge is 2.41. The molecule has 0 unspecified atom stereocenters. The van der Waals surface area contributed by atoms with E-state index in [0.717, 1.165) is 17.3 Å². The number of halogens is 1. The Morgan fingerprint density at radius 1 is 1.24 bits per heavy atom. The number of carboxylic acids is 1. The van der Waals surface area contributed by atoms with Gasteiger partial charge in [0.05, 0.1) is 35.0 Å². The lowest BCUT2D eigenvalue weighted by molar-refractivity contribution is -0.153. The van der Waals surface area contributed by atoms with E-state index < -0.39 is 17.6 Å². The third-order valence-corrected chi connectivity index (χ3v) is 8.25. The van der Waals surface area contributed by atoms with Crippen LogP contribution < -0.4 is 9.64 Å². The first-order valence-electron chi connectivity index (χ1n) is 12.6. The van der Waals surface area contributed by atoms with Crippen molar-refractivity contribution in [2.45, 2.75) is 36.9 Å². The summed E-state index contributed by atoms with van der Waals surface area (Å²) in [6, 6.07) is 11.3. The zero-order valence-electron chi connectivity index (χ0n) is 21.7. The fourth-order valence-corrected chi connectivity index (χ4v) is 5.90. The first-order chi connectivity index (χ1) is 17.8. The molecule has 1 fully saturated rings. The second-order valence-electron chi connectivity index (χ2n) is 9.78. The number of hydrogen-bond donors (Lipinski definition) is 1. The molecule has 37 heavy (non-hydrogen) atoms. The van der Waals surface area contributed by atoms with Crippen LogP contribution in [0, 0.1) is 5.41 Å². The summed E-state index contributed by atoms with van der Waals surface area (Å²) in [7, 11) is 5.30. The minimum atomic E-state index is -1.32. The third-order valence-electron chi connectivity index (χ3n) is 7.33. The smallest absolute Gasteiger partial charge is 0.309 e. The van der Waals surface area contributed by atoms with Gasteiger partial charge in [-0.25, -0.2) is 9.37 Å². The maximum absolute atomic E-state index is 16.0. The van der Waals surface area contributed by atoms with Crippen molar-refractivity contribution in [1.29, 1.82) is 0 Å². The van der Waals surface area contributed by atoms with Gasteiger partial charge in [0.2, 0.25) is 0 Å². The summed E-state index contributed by atoms with van der Waals surface area (Å²) in [6.45, 7) is 2.27. The average Bonchev–Trinajstić information content (AvgIpc) is 2.91. The van der Waals surface area contributed by atoms with Gasteiger partial charge < -0.3 is 19.6 Å². The van der Waals surface area contributed by atoms with Gasteiger partial charge in [-0.2, -0.15) is 0 Å². The molecule has 1 aromatic carbocycles. The van der Waals surface area contributed by atoms with E-state index in [9.17, 15) is 9.90 Å². The summed E-state index contributed by atoms with van der Waals surface area (Å²) in [6.07, 6.45) is 3.63. The minimum absolute atomic E-state index is 0.138. The molecule has 3 aromatic rings. The highest BCUT2D eigenvalue weighted by Crippen LogP contribution is 2.43. The number of methoxy groups -OCH3 is 1. The number of alkyl halides is 1. The number of hydrogen-bond acceptors (Lipinski definition) is 7. The maximum Gasteiger partial charge on any atom is 0.309 e. The molecule has 0 bridgehead atoms. The van der Waals surface area contributed by atoms with Gasteiger partial charge in [0.25, 0.3) is 0 Å². The Labute approximate surface area is 222 Å². The largest absolute Gasteiger partial charge is 0.497 e. The number of nitrogens with zero attached hydrogens (tertiary/aromatic N) is 4. The monoisotopic (exact) mass is 526 g/mol. The molecule has 0 spiro atoms. The zero-order valence-corrected chi connectivity index (χ0v) is 22.5. The molecule has 1 atom stereocenters. The van der Waals surface area contributed by atoms with E-state index in [0.29, 0.717) is 60.3 Å². The van der Waals surface area contributed by atoms with Crippen LogP contribution in [-0.2, 0) is 4.79 Å². The summed E-state index contributed by atoms with van der Waals surface area (Å²) in [5.74, 6) is 0.709. The molecule has 198 valence electrons. The van der Waals surface area contributed by atoms with Crippen molar-refractivity contribution >= 4 is 34.3 Å². The van der Waals surface area contributed by atoms with E-state index >= 15 is 4.39 Å². The Bertz CT molecular complexity index is 1200. The lowest BCUT2D eigenvalue weighted by Crippen LogP contribution is -2.45. The number of aliphatic carboxylic acids is 1. The van der Waals surface area contributed by atoms with Crippen LogP contribution in [0.3, 0.4) is 0 Å². The van der Waals surface area contributed by atoms with Gasteiger partial charge in [0, 0.05) is 43.5 Å². The number of ether oxygens (including phenoxy) is 1. The van der Waals surface area contributed by atoms with E-state index in [-0.39, 0.29) is 6.42 Å². The lowest BCUT2D eigenvalue weighted by atomic mass is 9.74. The molecule has 0 radical (unpaired) electrons. The van der Waals surface area contributed by atoms with Crippen LogP contribution in [0.15, 0.2) is 53.8 Å². The molecule has 2 aromatic heterocycles. The molecule has 4 rings (SSSR count). The van der Waals surface area contributed by atoms with Crippen molar-refractivity contribution in [3.63, 3.8) is 0 Å². The number of aromatic nitrogens is 2. The summed E-state index contributed by atoms with van der Waals surface area (Å²) < 4.78 is 21.4. The Hall–Kier alpha value is -2.91. The molecule has 7 nitrogen and oxygen atoms in total. The number of pyridine rings is 2. The predicted octanol–water partition coefficient (Wildman–Crippen LogP) is 5.45. The van der Waals surface area contributed by atoms with Crippen molar-refractivity contribution in [3.05, 3.63) is 54.4 Å². The van der Waals surface area contributed by atoms with Crippen molar-refractivity contribution < 1.29 is 19.0 Å². The topological polar surface area (TPSA) is 78.8 Å². The zero-order chi connectivity index (χ0) is 26.4. The molecule has 9 heteroatoms. The van der Waals surface area contributed by atoms with Gasteiger partial charge >= 0.3 is 5.97 Å². The molecule has 1 aliphatic heterocycles. The first-order valence-corrected chi connectivity index (χ1v) is 13.6. The predicted molar refractivity (Wildman–Crippen MR) is 146 cm³/mol. The van der Waals surface area contributed by atoms with Crippen molar-refractivity contribution in [3.8, 4) is 5.75 Å². The van der Waals surface area contributed by atoms with Crippen LogP contribution in [0.4, 0.5) is 10.1 Å². The number of rotatable bonds is 11. The van der Waals surface area contributed by atoms with E-state index in [1.165, 1.54) is 0 Å². The van der Waals surface area contributed by atoms with Crippen molar-refractivity contribution in [2.24, 2.45) is 5.41 Å². The van der Waals surface area contributed by atoms with Gasteiger partial charge in [0.15, 0.2) is 0 Å². The van der Waals surface area contributed by atoms with E-state index in [4.69, 9.17) is 4.74 Å². The molecule has 0 saturated carbocycles. The van der Waals surface area contributed by atoms with Gasteiger partial charge in [-0.15, -0.1) is 11.8 Å². The van der Waals surface area contributed by atoms with Crippen LogP contribution in [0.2, 0.25) is 0 Å². The lowest BCUT2D eigenvalue weighted by Gasteiger charge is -2.39. The highest BCUT2D eigenvalue weighted by atomic mass is 32.2. The number of carbonyl (C=O) groups is 1. The number of benzene rings is 1. The van der Waals surface area contributed by atoms with Crippen LogP contribution in [-0.4, -0.2) is 72.5 Å². The normalized spacial score (nSPS) is 16.4. The number of thioether (sulfide) groups is 1. The van der Waals surface area contributed by atoms with Gasteiger partial charge in [0.1, 0.15) is 11.9 Å². The number of piperidine rings is 1.